The number of ether oxygens (including phenoxy) is 1. The predicted molar refractivity (Wildman–Crippen MR) is 81.5 cm³/mol. The van der Waals surface area contributed by atoms with Gasteiger partial charge in [-0.3, -0.25) is 4.79 Å². The molecule has 0 aromatic carbocycles. The van der Waals surface area contributed by atoms with Crippen molar-refractivity contribution in [3.63, 3.8) is 0 Å². The maximum atomic E-state index is 12.1. The Balaban J connectivity index is 4.83. The summed E-state index contributed by atoms with van der Waals surface area (Å²) in [7, 11) is -0.499. The average molecular weight is 293 g/mol. The topological polar surface area (TPSA) is 26.3 Å². The molecule has 0 aliphatic carbocycles. The maximum Gasteiger partial charge on any atom is 0.312 e. The predicted octanol–water partition coefficient (Wildman–Crippen LogP) is 4.81. The van der Waals surface area contributed by atoms with E-state index in [1.165, 1.54) is 0 Å². The van der Waals surface area contributed by atoms with Crippen molar-refractivity contribution in [2.75, 3.05) is 13.3 Å². The summed E-state index contributed by atoms with van der Waals surface area (Å²) < 4.78 is 5.20. The number of hydrogen-bond donors (Lipinski definition) is 0. The lowest BCUT2D eigenvalue weighted by Gasteiger charge is -2.41. The maximum absolute atomic E-state index is 12.1. The highest BCUT2D eigenvalue weighted by Crippen LogP contribution is 2.51. The number of esters is 1. The van der Waals surface area contributed by atoms with Crippen LogP contribution in [-0.2, 0) is 9.53 Å². The molecule has 0 aromatic rings. The number of rotatable bonds is 7. The molecule has 0 fully saturated rings. The molecular weight excluding hydrogens is 267 g/mol. The number of carbonyl (C=O) groups is 1. The monoisotopic (exact) mass is 292 g/mol. The van der Waals surface area contributed by atoms with Crippen LogP contribution in [0.4, 0.5) is 0 Å². The largest absolute Gasteiger partial charge is 0.461 e. The first-order valence-electron chi connectivity index (χ1n) is 6.23. The van der Waals surface area contributed by atoms with E-state index in [1.54, 1.807) is 6.08 Å². The van der Waals surface area contributed by atoms with Crippen molar-refractivity contribution >= 4 is 24.5 Å². The number of halogens is 1. The van der Waals surface area contributed by atoms with Gasteiger partial charge in [0.05, 0.1) is 5.41 Å². The van der Waals surface area contributed by atoms with E-state index in [0.29, 0.717) is 5.66 Å². The van der Waals surface area contributed by atoms with Gasteiger partial charge in [0.2, 0.25) is 0 Å². The molecule has 2 unspecified atom stereocenters. The SMILES string of the molecule is C=CCOC(=O)C(C)(C)C(C)(C)CC(C)P(C)Cl. The van der Waals surface area contributed by atoms with E-state index in [4.69, 9.17) is 16.0 Å². The highest BCUT2D eigenvalue weighted by molar-refractivity contribution is 7.83. The fourth-order valence-electron chi connectivity index (χ4n) is 1.71. The van der Waals surface area contributed by atoms with E-state index in [9.17, 15) is 4.79 Å². The molecule has 0 aliphatic heterocycles. The minimum absolute atomic E-state index is 0.157. The Bertz CT molecular complexity index is 298. The fraction of sp³-hybridized carbons (Fsp3) is 0.786. The Labute approximate surface area is 118 Å². The lowest BCUT2D eigenvalue weighted by molar-refractivity contribution is -0.160. The zero-order valence-corrected chi connectivity index (χ0v) is 14.1. The van der Waals surface area contributed by atoms with Gasteiger partial charge in [-0.15, -0.1) is 0 Å². The zero-order chi connectivity index (χ0) is 14.6. The van der Waals surface area contributed by atoms with E-state index < -0.39 is 12.7 Å². The van der Waals surface area contributed by atoms with Gasteiger partial charge in [0, 0.05) is 0 Å². The number of carbonyl (C=O) groups excluding carboxylic acids is 1. The van der Waals surface area contributed by atoms with Crippen molar-refractivity contribution in [3.05, 3.63) is 12.7 Å². The summed E-state index contributed by atoms with van der Waals surface area (Å²) in [4.78, 5) is 12.1. The first-order chi connectivity index (χ1) is 8.06. The van der Waals surface area contributed by atoms with Crippen LogP contribution in [0, 0.1) is 10.8 Å². The first-order valence-corrected chi connectivity index (χ1v) is 8.99. The third-order valence-electron chi connectivity index (χ3n) is 3.95. The highest BCUT2D eigenvalue weighted by atomic mass is 35.7. The van der Waals surface area contributed by atoms with Gasteiger partial charge in [0.15, 0.2) is 0 Å². The van der Waals surface area contributed by atoms with Gasteiger partial charge < -0.3 is 4.74 Å². The minimum Gasteiger partial charge on any atom is -0.461 e. The summed E-state index contributed by atoms with van der Waals surface area (Å²) in [5.74, 6) is -0.172. The molecule has 18 heavy (non-hydrogen) atoms. The van der Waals surface area contributed by atoms with Crippen LogP contribution in [0.1, 0.15) is 41.0 Å². The molecule has 0 aromatic heterocycles. The third-order valence-corrected chi connectivity index (χ3v) is 6.34. The smallest absolute Gasteiger partial charge is 0.312 e. The molecule has 0 aliphatic rings. The Hall–Kier alpha value is -0.0700. The normalized spacial score (nSPS) is 15.9. The van der Waals surface area contributed by atoms with Crippen LogP contribution >= 0.6 is 18.5 Å². The Morgan fingerprint density at radius 2 is 1.94 bits per heavy atom. The number of hydrogen-bond acceptors (Lipinski definition) is 2. The van der Waals surface area contributed by atoms with Crippen molar-refractivity contribution in [1.82, 2.24) is 0 Å². The van der Waals surface area contributed by atoms with Crippen LogP contribution < -0.4 is 0 Å². The fourth-order valence-corrected chi connectivity index (χ4v) is 2.63. The van der Waals surface area contributed by atoms with Crippen LogP contribution in [0.5, 0.6) is 0 Å². The molecule has 4 heteroatoms. The van der Waals surface area contributed by atoms with Crippen molar-refractivity contribution < 1.29 is 9.53 Å². The molecule has 2 nitrogen and oxygen atoms in total. The lowest BCUT2D eigenvalue weighted by atomic mass is 9.65. The molecule has 0 N–H and O–H groups in total. The Kier molecular flexibility index (Phi) is 6.89. The minimum atomic E-state index is -0.535. The summed E-state index contributed by atoms with van der Waals surface area (Å²) in [6.45, 7) is 16.1. The Morgan fingerprint density at radius 1 is 1.44 bits per heavy atom. The van der Waals surface area contributed by atoms with Gasteiger partial charge in [0.1, 0.15) is 6.61 Å². The molecule has 2 atom stereocenters. The van der Waals surface area contributed by atoms with Crippen molar-refractivity contribution in [2.45, 2.75) is 46.7 Å². The van der Waals surface area contributed by atoms with Gasteiger partial charge in [-0.25, -0.2) is 0 Å². The lowest BCUT2D eigenvalue weighted by Crippen LogP contribution is -2.42. The molecule has 106 valence electrons. The summed E-state index contributed by atoms with van der Waals surface area (Å²) >= 11 is 6.18. The molecule has 0 bridgehead atoms. The van der Waals surface area contributed by atoms with Gasteiger partial charge in [-0.05, 0) is 45.3 Å². The summed E-state index contributed by atoms with van der Waals surface area (Å²) in [6.07, 6.45) is 2.50. The van der Waals surface area contributed by atoms with Crippen LogP contribution in [0.2, 0.25) is 0 Å². The summed E-state index contributed by atoms with van der Waals surface area (Å²) in [5, 5.41) is 0. The van der Waals surface area contributed by atoms with E-state index in [1.807, 2.05) is 13.8 Å². The van der Waals surface area contributed by atoms with Gasteiger partial charge in [-0.2, -0.15) is 0 Å². The Morgan fingerprint density at radius 3 is 2.33 bits per heavy atom. The van der Waals surface area contributed by atoms with E-state index >= 15 is 0 Å². The van der Waals surface area contributed by atoms with Crippen LogP contribution in [0.3, 0.4) is 0 Å². The third kappa shape index (κ3) is 4.55. The molecule has 0 amide bonds. The van der Waals surface area contributed by atoms with Crippen LogP contribution in [0.25, 0.3) is 0 Å². The second-order valence-corrected chi connectivity index (χ2v) is 9.50. The summed E-state index contributed by atoms with van der Waals surface area (Å²) in [6, 6.07) is 0. The molecular formula is C14H26ClO2P. The van der Waals surface area contributed by atoms with E-state index in [-0.39, 0.29) is 18.0 Å². The molecule has 0 saturated heterocycles. The average Bonchev–Trinajstić information content (AvgIpc) is 2.24. The highest BCUT2D eigenvalue weighted by Gasteiger charge is 2.45. The first kappa shape index (κ1) is 17.9. The molecule has 0 heterocycles. The standard InChI is InChI=1S/C14H26ClO2P/c1-8-9-17-12(16)14(5,6)13(3,4)10-11(2)18(7)15/h8,11H,1,9-10H2,2-7H3. The molecule has 0 spiro atoms. The zero-order valence-electron chi connectivity index (χ0n) is 12.4. The summed E-state index contributed by atoms with van der Waals surface area (Å²) in [5.41, 5.74) is -0.272. The van der Waals surface area contributed by atoms with Gasteiger partial charge in [0.25, 0.3) is 0 Å². The van der Waals surface area contributed by atoms with Crippen LogP contribution in [0.15, 0.2) is 12.7 Å². The van der Waals surface area contributed by atoms with Crippen molar-refractivity contribution in [2.24, 2.45) is 10.8 Å². The van der Waals surface area contributed by atoms with Crippen molar-refractivity contribution in [1.29, 1.82) is 0 Å². The van der Waals surface area contributed by atoms with Gasteiger partial charge >= 0.3 is 5.97 Å². The quantitative estimate of drug-likeness (QED) is 0.382. The molecule has 0 rings (SSSR count). The van der Waals surface area contributed by atoms with Crippen LogP contribution in [-0.4, -0.2) is 24.9 Å². The molecule has 0 radical (unpaired) electrons. The molecule has 0 saturated carbocycles. The van der Waals surface area contributed by atoms with E-state index in [2.05, 4.69) is 34.0 Å². The van der Waals surface area contributed by atoms with Gasteiger partial charge in [-0.1, -0.05) is 44.7 Å². The second kappa shape index (κ2) is 6.91. The van der Waals surface area contributed by atoms with E-state index in [0.717, 1.165) is 6.42 Å². The second-order valence-electron chi connectivity index (χ2n) is 5.97. The van der Waals surface area contributed by atoms with Crippen molar-refractivity contribution in [3.8, 4) is 0 Å².